The summed E-state index contributed by atoms with van der Waals surface area (Å²) in [6.07, 6.45) is 0.302. The van der Waals surface area contributed by atoms with Crippen LogP contribution >= 0.6 is 0 Å². The van der Waals surface area contributed by atoms with Crippen molar-refractivity contribution < 1.29 is 9.47 Å². The second kappa shape index (κ2) is 5.06. The van der Waals surface area contributed by atoms with Crippen molar-refractivity contribution in [2.75, 3.05) is 13.2 Å². The first-order valence-electron chi connectivity index (χ1n) is 6.64. The van der Waals surface area contributed by atoms with Gasteiger partial charge in [-0.05, 0) is 42.7 Å². The van der Waals surface area contributed by atoms with Crippen LogP contribution in [-0.4, -0.2) is 19.3 Å². The monoisotopic (exact) mass is 254 g/mol. The minimum Gasteiger partial charge on any atom is -0.491 e. The summed E-state index contributed by atoms with van der Waals surface area (Å²) >= 11 is 0. The van der Waals surface area contributed by atoms with Crippen molar-refractivity contribution in [3.8, 4) is 16.9 Å². The standard InChI is InChI=1S/C17H18O2/c1-12-4-3-5-14(8-12)15-6-7-17(13(2)9-15)19-11-16-10-18-16/h3-9,16H,10-11H2,1-2H3. The minimum absolute atomic E-state index is 0.302. The molecule has 1 saturated heterocycles. The molecule has 0 saturated carbocycles. The fourth-order valence-electron chi connectivity index (χ4n) is 2.16. The number of ether oxygens (including phenoxy) is 2. The molecule has 0 N–H and O–H groups in total. The summed E-state index contributed by atoms with van der Waals surface area (Å²) in [6, 6.07) is 14.9. The van der Waals surface area contributed by atoms with Crippen LogP contribution in [0.5, 0.6) is 5.75 Å². The molecule has 0 radical (unpaired) electrons. The molecular weight excluding hydrogens is 236 g/mol. The van der Waals surface area contributed by atoms with E-state index in [2.05, 4.69) is 56.3 Å². The molecule has 98 valence electrons. The smallest absolute Gasteiger partial charge is 0.122 e. The van der Waals surface area contributed by atoms with E-state index in [4.69, 9.17) is 9.47 Å². The van der Waals surface area contributed by atoms with Crippen LogP contribution in [-0.2, 0) is 4.74 Å². The molecule has 0 aromatic heterocycles. The van der Waals surface area contributed by atoms with Gasteiger partial charge < -0.3 is 9.47 Å². The lowest BCUT2D eigenvalue weighted by Crippen LogP contribution is -2.04. The molecule has 2 heteroatoms. The molecule has 2 aromatic rings. The zero-order valence-corrected chi connectivity index (χ0v) is 11.3. The van der Waals surface area contributed by atoms with Crippen LogP contribution in [0.15, 0.2) is 42.5 Å². The molecule has 0 aliphatic carbocycles. The Kier molecular flexibility index (Phi) is 3.26. The van der Waals surface area contributed by atoms with Crippen molar-refractivity contribution in [1.82, 2.24) is 0 Å². The van der Waals surface area contributed by atoms with Crippen LogP contribution < -0.4 is 4.74 Å². The van der Waals surface area contributed by atoms with Crippen LogP contribution in [0.4, 0.5) is 0 Å². The van der Waals surface area contributed by atoms with E-state index in [-0.39, 0.29) is 0 Å². The van der Waals surface area contributed by atoms with E-state index in [1.165, 1.54) is 22.3 Å². The Bertz CT molecular complexity index is 586. The highest BCUT2D eigenvalue weighted by Gasteiger charge is 2.23. The van der Waals surface area contributed by atoms with Gasteiger partial charge in [-0.15, -0.1) is 0 Å². The van der Waals surface area contributed by atoms with Gasteiger partial charge in [0.2, 0.25) is 0 Å². The number of epoxide rings is 1. The maximum Gasteiger partial charge on any atom is 0.122 e. The van der Waals surface area contributed by atoms with Gasteiger partial charge in [-0.1, -0.05) is 35.9 Å². The highest BCUT2D eigenvalue weighted by Crippen LogP contribution is 2.27. The highest BCUT2D eigenvalue weighted by molar-refractivity contribution is 5.66. The Morgan fingerprint density at radius 3 is 2.58 bits per heavy atom. The average molecular weight is 254 g/mol. The molecule has 1 atom stereocenters. The molecule has 0 amide bonds. The summed E-state index contributed by atoms with van der Waals surface area (Å²) in [5.41, 5.74) is 4.93. The predicted octanol–water partition coefficient (Wildman–Crippen LogP) is 3.75. The number of hydrogen-bond donors (Lipinski definition) is 0. The van der Waals surface area contributed by atoms with Crippen molar-refractivity contribution in [2.45, 2.75) is 20.0 Å². The molecular formula is C17H18O2. The van der Waals surface area contributed by atoms with Crippen molar-refractivity contribution in [3.63, 3.8) is 0 Å². The lowest BCUT2D eigenvalue weighted by Gasteiger charge is -2.10. The van der Waals surface area contributed by atoms with Crippen molar-refractivity contribution in [1.29, 1.82) is 0 Å². The Labute approximate surface area is 114 Å². The molecule has 2 aromatic carbocycles. The number of aryl methyl sites for hydroxylation is 2. The van der Waals surface area contributed by atoms with Gasteiger partial charge in [0.05, 0.1) is 6.61 Å². The Morgan fingerprint density at radius 1 is 1.11 bits per heavy atom. The van der Waals surface area contributed by atoms with Gasteiger partial charge in [-0.3, -0.25) is 0 Å². The van der Waals surface area contributed by atoms with Crippen molar-refractivity contribution in [2.24, 2.45) is 0 Å². The molecule has 2 nitrogen and oxygen atoms in total. The molecule has 1 fully saturated rings. The third-order valence-electron chi connectivity index (χ3n) is 3.35. The van der Waals surface area contributed by atoms with Crippen molar-refractivity contribution >= 4 is 0 Å². The van der Waals surface area contributed by atoms with E-state index < -0.39 is 0 Å². The SMILES string of the molecule is Cc1cccc(-c2ccc(OCC3CO3)c(C)c2)c1. The van der Waals surface area contributed by atoms with Crippen LogP contribution in [0.25, 0.3) is 11.1 Å². The third kappa shape index (κ3) is 2.96. The van der Waals surface area contributed by atoms with Gasteiger partial charge in [0, 0.05) is 0 Å². The number of hydrogen-bond acceptors (Lipinski definition) is 2. The molecule has 19 heavy (non-hydrogen) atoms. The zero-order chi connectivity index (χ0) is 13.2. The quantitative estimate of drug-likeness (QED) is 0.775. The van der Waals surface area contributed by atoms with E-state index in [0.717, 1.165) is 12.4 Å². The van der Waals surface area contributed by atoms with Gasteiger partial charge in [-0.25, -0.2) is 0 Å². The van der Waals surface area contributed by atoms with Crippen molar-refractivity contribution in [3.05, 3.63) is 53.6 Å². The van der Waals surface area contributed by atoms with Crippen LogP contribution in [0.3, 0.4) is 0 Å². The second-order valence-corrected chi connectivity index (χ2v) is 5.12. The van der Waals surface area contributed by atoms with Gasteiger partial charge >= 0.3 is 0 Å². The van der Waals surface area contributed by atoms with Gasteiger partial charge in [0.1, 0.15) is 18.5 Å². The highest BCUT2D eigenvalue weighted by atomic mass is 16.6. The first kappa shape index (κ1) is 12.2. The fraction of sp³-hybridized carbons (Fsp3) is 0.294. The van der Waals surface area contributed by atoms with E-state index in [1.54, 1.807) is 0 Å². The number of rotatable bonds is 4. The van der Waals surface area contributed by atoms with E-state index >= 15 is 0 Å². The molecule has 1 unspecified atom stereocenters. The Morgan fingerprint density at radius 2 is 1.89 bits per heavy atom. The normalized spacial score (nSPS) is 17.3. The molecule has 0 spiro atoms. The van der Waals surface area contributed by atoms with E-state index in [1.807, 2.05) is 0 Å². The van der Waals surface area contributed by atoms with E-state index in [9.17, 15) is 0 Å². The predicted molar refractivity (Wildman–Crippen MR) is 76.6 cm³/mol. The summed E-state index contributed by atoms with van der Waals surface area (Å²) in [7, 11) is 0. The lowest BCUT2D eigenvalue weighted by atomic mass is 10.0. The minimum atomic E-state index is 0.302. The van der Waals surface area contributed by atoms with Crippen LogP contribution in [0, 0.1) is 13.8 Å². The lowest BCUT2D eigenvalue weighted by molar-refractivity contribution is 0.262. The van der Waals surface area contributed by atoms with Crippen LogP contribution in [0.1, 0.15) is 11.1 Å². The summed E-state index contributed by atoms with van der Waals surface area (Å²) < 4.78 is 10.9. The fourth-order valence-corrected chi connectivity index (χ4v) is 2.16. The van der Waals surface area contributed by atoms with Gasteiger partial charge in [0.15, 0.2) is 0 Å². The first-order chi connectivity index (χ1) is 9.22. The molecule has 0 bridgehead atoms. The summed E-state index contributed by atoms with van der Waals surface area (Å²) in [5.74, 6) is 0.951. The van der Waals surface area contributed by atoms with Gasteiger partial charge in [0.25, 0.3) is 0 Å². The molecule has 3 rings (SSSR count). The molecule has 1 aliphatic heterocycles. The summed E-state index contributed by atoms with van der Waals surface area (Å²) in [4.78, 5) is 0. The van der Waals surface area contributed by atoms with E-state index in [0.29, 0.717) is 12.7 Å². The van der Waals surface area contributed by atoms with Crippen LogP contribution in [0.2, 0.25) is 0 Å². The second-order valence-electron chi connectivity index (χ2n) is 5.12. The maximum absolute atomic E-state index is 5.75. The molecule has 1 aliphatic rings. The Hall–Kier alpha value is -1.80. The average Bonchev–Trinajstić information content (AvgIpc) is 3.21. The topological polar surface area (TPSA) is 21.8 Å². The molecule has 1 heterocycles. The van der Waals surface area contributed by atoms with Gasteiger partial charge in [-0.2, -0.15) is 0 Å². The zero-order valence-electron chi connectivity index (χ0n) is 11.3. The summed E-state index contributed by atoms with van der Waals surface area (Å²) in [5, 5.41) is 0. The maximum atomic E-state index is 5.75. The Balaban J connectivity index is 1.81. The summed E-state index contributed by atoms with van der Waals surface area (Å²) in [6.45, 7) is 5.69. The first-order valence-corrected chi connectivity index (χ1v) is 6.64. The largest absolute Gasteiger partial charge is 0.491 e. The number of benzene rings is 2. The third-order valence-corrected chi connectivity index (χ3v) is 3.35.